The monoisotopic (exact) mass is 324 g/mol. The molecule has 0 bridgehead atoms. The van der Waals surface area contributed by atoms with E-state index in [1.165, 1.54) is 6.92 Å². The number of ketones is 2. The van der Waals surface area contributed by atoms with E-state index in [-0.39, 0.29) is 23.9 Å². The number of Topliss-reactive ketones (excluding diaryl/α,β-unsaturated/α-hetero) is 2. The van der Waals surface area contributed by atoms with Gasteiger partial charge in [0.15, 0.2) is 17.3 Å². The largest absolute Gasteiger partial charge is 0.483 e. The number of carbonyl (C=O) groups excluding carboxylic acids is 2. The molecule has 1 aliphatic heterocycles. The van der Waals surface area contributed by atoms with Gasteiger partial charge in [0.25, 0.3) is 0 Å². The number of carbonyl (C=O) groups is 2. The van der Waals surface area contributed by atoms with Gasteiger partial charge in [-0.15, -0.1) is 0 Å². The van der Waals surface area contributed by atoms with Crippen molar-refractivity contribution >= 4 is 30.1 Å². The Morgan fingerprint density at radius 3 is 2.41 bits per heavy atom. The van der Waals surface area contributed by atoms with E-state index in [2.05, 4.69) is 32.4 Å². The van der Waals surface area contributed by atoms with Crippen molar-refractivity contribution in [1.29, 1.82) is 0 Å². The highest BCUT2D eigenvalue weighted by Crippen LogP contribution is 2.14. The lowest BCUT2D eigenvalue weighted by atomic mass is 10.3. The van der Waals surface area contributed by atoms with Gasteiger partial charge < -0.3 is 9.64 Å². The van der Waals surface area contributed by atoms with Crippen molar-refractivity contribution in [3.8, 4) is 5.75 Å². The molecule has 1 aromatic rings. The summed E-state index contributed by atoms with van der Waals surface area (Å²) in [6.45, 7) is 5.09. The summed E-state index contributed by atoms with van der Waals surface area (Å²) in [7, 11) is 0. The first-order chi connectivity index (χ1) is 10.6. The Morgan fingerprint density at radius 1 is 1.23 bits per heavy atom. The van der Waals surface area contributed by atoms with Crippen molar-refractivity contribution < 1.29 is 14.3 Å². The summed E-state index contributed by atoms with van der Waals surface area (Å²) in [6.07, 6.45) is 3.14. The maximum atomic E-state index is 11.4. The molecular formula is C14H20N4O3S. The minimum absolute atomic E-state index is 0.0283. The molecular weight excluding hydrogens is 304 g/mol. The van der Waals surface area contributed by atoms with E-state index in [0.29, 0.717) is 18.2 Å². The molecule has 0 aliphatic carbocycles. The lowest BCUT2D eigenvalue weighted by Crippen LogP contribution is -2.48. The predicted molar refractivity (Wildman–Crippen MR) is 85.7 cm³/mol. The molecule has 0 atom stereocenters. The van der Waals surface area contributed by atoms with E-state index >= 15 is 0 Å². The molecule has 7 nitrogen and oxygen atoms in total. The highest BCUT2D eigenvalue weighted by Gasteiger charge is 2.20. The van der Waals surface area contributed by atoms with Gasteiger partial charge in [-0.1, -0.05) is 0 Å². The van der Waals surface area contributed by atoms with Crippen LogP contribution < -0.4 is 9.64 Å². The maximum absolute atomic E-state index is 11.4. The molecule has 1 aliphatic rings. The summed E-state index contributed by atoms with van der Waals surface area (Å²) in [5.41, 5.74) is 0. The summed E-state index contributed by atoms with van der Waals surface area (Å²) in [5, 5.41) is 0. The fraction of sp³-hybridized carbons (Fsp3) is 0.571. The van der Waals surface area contributed by atoms with E-state index in [0.717, 1.165) is 26.2 Å². The zero-order valence-corrected chi connectivity index (χ0v) is 13.5. The van der Waals surface area contributed by atoms with Crippen molar-refractivity contribution in [2.24, 2.45) is 0 Å². The number of ether oxygens (including phenoxy) is 1. The zero-order chi connectivity index (χ0) is 15.9. The second-order valence-electron chi connectivity index (χ2n) is 5.17. The third kappa shape index (κ3) is 4.96. The fourth-order valence-electron chi connectivity index (χ4n) is 2.14. The molecule has 0 amide bonds. The van der Waals surface area contributed by atoms with E-state index in [1.807, 2.05) is 0 Å². The van der Waals surface area contributed by atoms with Crippen LogP contribution in [-0.4, -0.2) is 71.5 Å². The summed E-state index contributed by atoms with van der Waals surface area (Å²) in [4.78, 5) is 34.9. The standard InChI is InChI=1S/C14H20N4O3S/c1-11(19)9-21-13-6-15-14(16-7-13)18-4-2-17(3-5-18)8-12(20)10-22/h6-7,22H,2-5,8-10H2,1H3. The smallest absolute Gasteiger partial charge is 0.225 e. The van der Waals surface area contributed by atoms with Gasteiger partial charge in [0.05, 0.1) is 24.7 Å². The van der Waals surface area contributed by atoms with Crippen molar-refractivity contribution in [2.45, 2.75) is 6.92 Å². The molecule has 0 aromatic carbocycles. The summed E-state index contributed by atoms with van der Waals surface area (Å²) < 4.78 is 5.24. The Hall–Kier alpha value is -1.67. The highest BCUT2D eigenvalue weighted by atomic mass is 32.1. The van der Waals surface area contributed by atoms with Gasteiger partial charge in [-0.2, -0.15) is 12.6 Å². The van der Waals surface area contributed by atoms with Gasteiger partial charge in [-0.3, -0.25) is 14.5 Å². The minimum atomic E-state index is -0.0454. The van der Waals surface area contributed by atoms with E-state index in [1.54, 1.807) is 12.4 Å². The van der Waals surface area contributed by atoms with E-state index < -0.39 is 0 Å². The van der Waals surface area contributed by atoms with Gasteiger partial charge in [0, 0.05) is 26.2 Å². The number of thiol groups is 1. The Morgan fingerprint density at radius 2 is 1.86 bits per heavy atom. The third-order valence-electron chi connectivity index (χ3n) is 3.29. The first-order valence-corrected chi connectivity index (χ1v) is 7.76. The number of aromatic nitrogens is 2. The van der Waals surface area contributed by atoms with Crippen LogP contribution in [0.25, 0.3) is 0 Å². The molecule has 120 valence electrons. The van der Waals surface area contributed by atoms with Crippen LogP contribution in [0.2, 0.25) is 0 Å². The van der Waals surface area contributed by atoms with Gasteiger partial charge in [-0.25, -0.2) is 9.97 Å². The average Bonchev–Trinajstić information content (AvgIpc) is 2.54. The maximum Gasteiger partial charge on any atom is 0.225 e. The summed E-state index contributed by atoms with van der Waals surface area (Å²) in [5.74, 6) is 1.49. The van der Waals surface area contributed by atoms with E-state index in [4.69, 9.17) is 4.74 Å². The molecule has 0 radical (unpaired) electrons. The van der Waals surface area contributed by atoms with Gasteiger partial charge in [0.2, 0.25) is 5.95 Å². The number of hydrogen-bond acceptors (Lipinski definition) is 8. The predicted octanol–water partition coefficient (Wildman–Crippen LogP) is 0.0653. The molecule has 0 unspecified atom stereocenters. The molecule has 0 saturated carbocycles. The van der Waals surface area contributed by atoms with Gasteiger partial charge in [-0.05, 0) is 6.92 Å². The van der Waals surface area contributed by atoms with Crippen LogP contribution in [0.5, 0.6) is 5.75 Å². The van der Waals surface area contributed by atoms with E-state index in [9.17, 15) is 9.59 Å². The molecule has 1 saturated heterocycles. The van der Waals surface area contributed by atoms with Crippen LogP contribution in [-0.2, 0) is 9.59 Å². The normalized spacial score (nSPS) is 15.6. The van der Waals surface area contributed by atoms with Crippen molar-refractivity contribution in [3.05, 3.63) is 12.4 Å². The third-order valence-corrected chi connectivity index (χ3v) is 3.64. The SMILES string of the molecule is CC(=O)COc1cnc(N2CCN(CC(=O)CS)CC2)nc1. The number of anilines is 1. The van der Waals surface area contributed by atoms with Crippen LogP contribution in [0.4, 0.5) is 5.95 Å². The summed E-state index contributed by atoms with van der Waals surface area (Å²) in [6, 6.07) is 0. The Labute approximate surface area is 135 Å². The molecule has 1 aromatic heterocycles. The van der Waals surface area contributed by atoms with Crippen LogP contribution in [0, 0.1) is 0 Å². The van der Waals surface area contributed by atoms with Gasteiger partial charge in [0.1, 0.15) is 6.61 Å². The Balaban J connectivity index is 1.83. The van der Waals surface area contributed by atoms with Crippen LogP contribution in [0.3, 0.4) is 0 Å². The first kappa shape index (κ1) is 16.7. The summed E-state index contributed by atoms with van der Waals surface area (Å²) >= 11 is 3.99. The molecule has 8 heteroatoms. The molecule has 0 spiro atoms. The molecule has 2 heterocycles. The van der Waals surface area contributed by atoms with Crippen LogP contribution in [0.15, 0.2) is 12.4 Å². The highest BCUT2D eigenvalue weighted by molar-refractivity contribution is 7.81. The first-order valence-electron chi connectivity index (χ1n) is 7.12. The van der Waals surface area contributed by atoms with Gasteiger partial charge >= 0.3 is 0 Å². The zero-order valence-electron chi connectivity index (χ0n) is 12.6. The van der Waals surface area contributed by atoms with Crippen LogP contribution >= 0.6 is 12.6 Å². The topological polar surface area (TPSA) is 75.6 Å². The molecule has 0 N–H and O–H groups in total. The number of piperazine rings is 1. The van der Waals surface area contributed by atoms with Crippen molar-refractivity contribution in [2.75, 3.05) is 50.0 Å². The number of rotatable bonds is 7. The van der Waals surface area contributed by atoms with Crippen molar-refractivity contribution in [1.82, 2.24) is 14.9 Å². The second kappa shape index (κ2) is 8.09. The molecule has 2 rings (SSSR count). The lowest BCUT2D eigenvalue weighted by molar-refractivity contribution is -0.119. The number of hydrogen-bond donors (Lipinski definition) is 1. The average molecular weight is 324 g/mol. The van der Waals surface area contributed by atoms with Crippen LogP contribution in [0.1, 0.15) is 6.92 Å². The lowest BCUT2D eigenvalue weighted by Gasteiger charge is -2.34. The second-order valence-corrected chi connectivity index (χ2v) is 5.49. The van der Waals surface area contributed by atoms with Crippen molar-refractivity contribution in [3.63, 3.8) is 0 Å². The molecule has 1 fully saturated rings. The molecule has 22 heavy (non-hydrogen) atoms. The Kier molecular flexibility index (Phi) is 6.14. The Bertz CT molecular complexity index is 515. The fourth-order valence-corrected chi connectivity index (χ4v) is 2.24. The number of nitrogens with zero attached hydrogens (tertiary/aromatic N) is 4. The quantitative estimate of drug-likeness (QED) is 0.711. The minimum Gasteiger partial charge on any atom is -0.483 e.